The average Bonchev–Trinajstić information content (AvgIpc) is 1.84. The summed E-state index contributed by atoms with van der Waals surface area (Å²) in [6.45, 7) is 4.05. The van der Waals surface area contributed by atoms with Crippen molar-refractivity contribution >= 4 is 0 Å². The van der Waals surface area contributed by atoms with E-state index in [2.05, 4.69) is 13.8 Å². The molecule has 0 saturated carbocycles. The lowest BCUT2D eigenvalue weighted by atomic mass is 10.2. The molecular formula is C6H14NO. The summed E-state index contributed by atoms with van der Waals surface area (Å²) in [6.07, 6.45) is 1.05. The summed E-state index contributed by atoms with van der Waals surface area (Å²) >= 11 is 0. The predicted molar refractivity (Wildman–Crippen MR) is 33.1 cm³/mol. The number of hydrogen-bond acceptors (Lipinski definition) is 1. The van der Waals surface area contributed by atoms with Gasteiger partial charge in [0.2, 0.25) is 0 Å². The van der Waals surface area contributed by atoms with Gasteiger partial charge in [-0.2, -0.15) is 0 Å². The Bertz CT molecular complexity index is 48.5. The highest BCUT2D eigenvalue weighted by Gasteiger charge is 2.03. The van der Waals surface area contributed by atoms with Gasteiger partial charge in [0, 0.05) is 6.04 Å². The molecule has 0 aromatic carbocycles. The van der Waals surface area contributed by atoms with Gasteiger partial charge in [-0.15, -0.1) is 0 Å². The Hall–Kier alpha value is -0.0800. The third-order valence-corrected chi connectivity index (χ3v) is 1.55. The first kappa shape index (κ1) is 7.92. The monoisotopic (exact) mass is 116 g/mol. The molecule has 0 amide bonds. The van der Waals surface area contributed by atoms with Crippen molar-refractivity contribution in [3.63, 3.8) is 0 Å². The Morgan fingerprint density at radius 1 is 1.62 bits per heavy atom. The summed E-state index contributed by atoms with van der Waals surface area (Å²) in [6, 6.07) is 0.437. The summed E-state index contributed by atoms with van der Waals surface area (Å²) in [4.78, 5) is 1.79. The predicted octanol–water partition coefficient (Wildman–Crippen LogP) is 1.10. The third kappa shape index (κ3) is 2.28. The van der Waals surface area contributed by atoms with Gasteiger partial charge in [-0.25, -0.2) is 5.11 Å². The van der Waals surface area contributed by atoms with Gasteiger partial charge in [0.1, 0.15) is 6.73 Å². The summed E-state index contributed by atoms with van der Waals surface area (Å²) in [7, 11) is 1.85. The van der Waals surface area contributed by atoms with E-state index >= 15 is 0 Å². The minimum absolute atomic E-state index is 0.0883. The Kier molecular flexibility index (Phi) is 3.83. The summed E-state index contributed by atoms with van der Waals surface area (Å²) in [5.41, 5.74) is 0. The molecule has 8 heavy (non-hydrogen) atoms. The van der Waals surface area contributed by atoms with Crippen LogP contribution in [-0.4, -0.2) is 24.7 Å². The van der Waals surface area contributed by atoms with Gasteiger partial charge in [0.05, 0.1) is 0 Å². The molecule has 1 radical (unpaired) electrons. The second-order valence-electron chi connectivity index (χ2n) is 2.14. The Morgan fingerprint density at radius 3 is 2.25 bits per heavy atom. The van der Waals surface area contributed by atoms with Crippen molar-refractivity contribution in [3.8, 4) is 0 Å². The van der Waals surface area contributed by atoms with E-state index in [9.17, 15) is 5.11 Å². The smallest absolute Gasteiger partial charge is 0.135 e. The zero-order valence-corrected chi connectivity index (χ0v) is 5.85. The molecule has 0 aromatic heterocycles. The molecular weight excluding hydrogens is 102 g/mol. The van der Waals surface area contributed by atoms with Gasteiger partial charge in [-0.1, -0.05) is 6.92 Å². The van der Waals surface area contributed by atoms with Crippen LogP contribution in [0.4, 0.5) is 0 Å². The molecule has 0 rings (SSSR count). The van der Waals surface area contributed by atoms with Crippen molar-refractivity contribution in [3.05, 3.63) is 0 Å². The van der Waals surface area contributed by atoms with E-state index in [0.29, 0.717) is 6.04 Å². The fourth-order valence-electron chi connectivity index (χ4n) is 0.439. The number of rotatable bonds is 3. The summed E-state index contributed by atoms with van der Waals surface area (Å²) < 4.78 is 0. The van der Waals surface area contributed by atoms with Crippen LogP contribution in [0.15, 0.2) is 0 Å². The Balaban J connectivity index is 3.29. The second kappa shape index (κ2) is 3.87. The summed E-state index contributed by atoms with van der Waals surface area (Å²) in [5.74, 6) is 0. The first-order valence-corrected chi connectivity index (χ1v) is 3.00. The summed E-state index contributed by atoms with van der Waals surface area (Å²) in [5, 5.41) is 10.2. The van der Waals surface area contributed by atoms with Crippen LogP contribution in [0.3, 0.4) is 0 Å². The van der Waals surface area contributed by atoms with E-state index in [4.69, 9.17) is 0 Å². The fourth-order valence-corrected chi connectivity index (χ4v) is 0.439. The normalized spacial score (nSPS) is 14.6. The van der Waals surface area contributed by atoms with Crippen LogP contribution in [0.2, 0.25) is 0 Å². The molecule has 0 aromatic rings. The zero-order valence-electron chi connectivity index (χ0n) is 5.85. The van der Waals surface area contributed by atoms with E-state index < -0.39 is 0 Å². The van der Waals surface area contributed by atoms with Gasteiger partial charge < -0.3 is 0 Å². The van der Waals surface area contributed by atoms with Crippen LogP contribution in [-0.2, 0) is 5.11 Å². The highest BCUT2D eigenvalue weighted by molar-refractivity contribution is 4.54. The largest absolute Gasteiger partial charge is 0.279 e. The minimum atomic E-state index is -0.0883. The molecule has 0 bridgehead atoms. The molecule has 49 valence electrons. The first-order valence-electron chi connectivity index (χ1n) is 3.00. The van der Waals surface area contributed by atoms with Crippen LogP contribution in [0.1, 0.15) is 20.3 Å². The molecule has 0 saturated heterocycles. The molecule has 1 atom stereocenters. The van der Waals surface area contributed by atoms with Crippen LogP contribution in [0.5, 0.6) is 0 Å². The fraction of sp³-hybridized carbons (Fsp3) is 1.00. The molecule has 0 fully saturated rings. The minimum Gasteiger partial charge on any atom is -0.279 e. The molecule has 2 nitrogen and oxygen atoms in total. The maximum absolute atomic E-state index is 10.2. The Morgan fingerprint density at radius 2 is 2.12 bits per heavy atom. The van der Waals surface area contributed by atoms with Crippen molar-refractivity contribution in [2.45, 2.75) is 26.3 Å². The standard InChI is InChI=1S/C6H14NO/c1-4-6(2)7(3)5-8/h6H,4-5H2,1-3H3. The van der Waals surface area contributed by atoms with E-state index in [-0.39, 0.29) is 6.73 Å². The van der Waals surface area contributed by atoms with Gasteiger partial charge >= 0.3 is 0 Å². The van der Waals surface area contributed by atoms with Gasteiger partial charge in [-0.05, 0) is 20.4 Å². The molecule has 0 heterocycles. The van der Waals surface area contributed by atoms with Crippen molar-refractivity contribution in [1.29, 1.82) is 0 Å². The maximum atomic E-state index is 10.2. The average molecular weight is 116 g/mol. The van der Waals surface area contributed by atoms with E-state index in [1.165, 1.54) is 0 Å². The van der Waals surface area contributed by atoms with Crippen LogP contribution >= 0.6 is 0 Å². The van der Waals surface area contributed by atoms with Crippen LogP contribution in [0, 0.1) is 0 Å². The van der Waals surface area contributed by atoms with E-state index in [1.807, 2.05) is 7.05 Å². The van der Waals surface area contributed by atoms with E-state index in [1.54, 1.807) is 4.90 Å². The molecule has 0 aliphatic rings. The Labute approximate surface area is 51.1 Å². The molecule has 0 aliphatic heterocycles. The zero-order chi connectivity index (χ0) is 6.57. The topological polar surface area (TPSA) is 23.1 Å². The SMILES string of the molecule is CCC(C)N(C)C[O]. The first-order chi connectivity index (χ1) is 3.72. The van der Waals surface area contributed by atoms with Crippen LogP contribution < -0.4 is 0 Å². The highest BCUT2D eigenvalue weighted by atomic mass is 16.3. The number of nitrogens with zero attached hydrogens (tertiary/aromatic N) is 1. The maximum Gasteiger partial charge on any atom is 0.135 e. The van der Waals surface area contributed by atoms with Crippen LogP contribution in [0.25, 0.3) is 0 Å². The molecule has 0 N–H and O–H groups in total. The quantitative estimate of drug-likeness (QED) is 0.506. The van der Waals surface area contributed by atoms with Gasteiger partial charge in [0.15, 0.2) is 0 Å². The highest BCUT2D eigenvalue weighted by Crippen LogP contribution is 1.96. The third-order valence-electron chi connectivity index (χ3n) is 1.55. The molecule has 2 heteroatoms. The van der Waals surface area contributed by atoms with Gasteiger partial charge in [-0.3, -0.25) is 4.90 Å². The number of hydrogen-bond donors (Lipinski definition) is 0. The van der Waals surface area contributed by atoms with Crippen molar-refractivity contribution in [2.24, 2.45) is 0 Å². The van der Waals surface area contributed by atoms with E-state index in [0.717, 1.165) is 6.42 Å². The van der Waals surface area contributed by atoms with Crippen molar-refractivity contribution in [2.75, 3.05) is 13.8 Å². The van der Waals surface area contributed by atoms with Gasteiger partial charge in [0.25, 0.3) is 0 Å². The lowest BCUT2D eigenvalue weighted by molar-refractivity contribution is 0.0449. The molecule has 0 aliphatic carbocycles. The molecule has 0 spiro atoms. The van der Waals surface area contributed by atoms with Crippen molar-refractivity contribution in [1.82, 2.24) is 4.90 Å². The lowest BCUT2D eigenvalue weighted by Crippen LogP contribution is -2.28. The second-order valence-corrected chi connectivity index (χ2v) is 2.14. The molecule has 1 unspecified atom stereocenters. The van der Waals surface area contributed by atoms with Crippen molar-refractivity contribution < 1.29 is 5.11 Å². The lowest BCUT2D eigenvalue weighted by Gasteiger charge is -2.18.